The molecule has 1 fully saturated rings. The quantitative estimate of drug-likeness (QED) is 0.786. The minimum atomic E-state index is -0.361. The van der Waals surface area contributed by atoms with E-state index in [1.165, 1.54) is 0 Å². The number of likely N-dealkylation sites (tertiary alicyclic amines) is 1. The van der Waals surface area contributed by atoms with E-state index in [4.69, 9.17) is 4.74 Å². The average molecular weight is 396 g/mol. The summed E-state index contributed by atoms with van der Waals surface area (Å²) in [6.07, 6.45) is 3.02. The molecule has 0 saturated carbocycles. The molecule has 0 bridgehead atoms. The number of carbonyl (C=O) groups is 2. The maximum atomic E-state index is 13.0. The molecule has 1 aromatic carbocycles. The summed E-state index contributed by atoms with van der Waals surface area (Å²) < 4.78 is 5.34. The molecule has 1 unspecified atom stereocenters. The van der Waals surface area contributed by atoms with E-state index in [0.717, 1.165) is 17.0 Å². The number of nitrogens with one attached hydrogen (secondary N) is 2. The Bertz CT molecular complexity index is 820. The topological polar surface area (TPSA) is 83.6 Å². The largest absolute Gasteiger partial charge is 0.497 e. The highest BCUT2D eigenvalue weighted by Crippen LogP contribution is 2.26. The van der Waals surface area contributed by atoms with E-state index in [2.05, 4.69) is 15.6 Å². The lowest BCUT2D eigenvalue weighted by Gasteiger charge is -2.32. The van der Waals surface area contributed by atoms with Crippen molar-refractivity contribution in [2.24, 2.45) is 5.92 Å². The molecule has 154 valence electrons. The molecular weight excluding hydrogens is 368 g/mol. The first-order valence-electron chi connectivity index (χ1n) is 10.0. The molecule has 1 atom stereocenters. The Kier molecular flexibility index (Phi) is 7.05. The number of benzene rings is 1. The van der Waals surface area contributed by atoms with Gasteiger partial charge >= 0.3 is 6.03 Å². The number of pyridine rings is 1. The van der Waals surface area contributed by atoms with Crippen molar-refractivity contribution in [2.45, 2.75) is 25.8 Å². The number of aromatic nitrogens is 1. The van der Waals surface area contributed by atoms with Crippen molar-refractivity contribution < 1.29 is 14.3 Å². The SMILES string of the molecule is CCNC(=O)N1CCC(C(=O)NC(c2cccc(OC)c2)c2ccccn2)CC1. The van der Waals surface area contributed by atoms with Crippen LogP contribution in [0.4, 0.5) is 4.79 Å². The van der Waals surface area contributed by atoms with Gasteiger partial charge in [-0.1, -0.05) is 18.2 Å². The normalized spacial score (nSPS) is 15.4. The second kappa shape index (κ2) is 9.91. The third kappa shape index (κ3) is 5.25. The van der Waals surface area contributed by atoms with Gasteiger partial charge in [0.25, 0.3) is 0 Å². The van der Waals surface area contributed by atoms with Gasteiger partial charge in [-0.25, -0.2) is 4.79 Å². The zero-order chi connectivity index (χ0) is 20.6. The van der Waals surface area contributed by atoms with Crippen molar-refractivity contribution in [3.05, 3.63) is 59.9 Å². The second-order valence-corrected chi connectivity index (χ2v) is 7.07. The molecule has 1 aliphatic heterocycles. The Balaban J connectivity index is 1.71. The molecule has 0 aliphatic carbocycles. The summed E-state index contributed by atoms with van der Waals surface area (Å²) in [5, 5.41) is 5.98. The highest BCUT2D eigenvalue weighted by molar-refractivity contribution is 5.80. The van der Waals surface area contributed by atoms with Crippen molar-refractivity contribution in [1.29, 1.82) is 0 Å². The van der Waals surface area contributed by atoms with Crippen LogP contribution in [0.5, 0.6) is 5.75 Å². The van der Waals surface area contributed by atoms with Gasteiger partial charge in [-0.2, -0.15) is 0 Å². The van der Waals surface area contributed by atoms with Gasteiger partial charge in [0, 0.05) is 31.7 Å². The van der Waals surface area contributed by atoms with Crippen LogP contribution in [0.1, 0.15) is 37.1 Å². The van der Waals surface area contributed by atoms with Gasteiger partial charge in [-0.3, -0.25) is 9.78 Å². The highest BCUT2D eigenvalue weighted by atomic mass is 16.5. The lowest BCUT2D eigenvalue weighted by atomic mass is 9.94. The maximum Gasteiger partial charge on any atom is 0.317 e. The number of nitrogens with zero attached hydrogens (tertiary/aromatic N) is 2. The van der Waals surface area contributed by atoms with E-state index < -0.39 is 0 Å². The molecule has 2 aromatic rings. The highest BCUT2D eigenvalue weighted by Gasteiger charge is 2.29. The van der Waals surface area contributed by atoms with Gasteiger partial charge in [0.05, 0.1) is 18.8 Å². The smallest absolute Gasteiger partial charge is 0.317 e. The summed E-state index contributed by atoms with van der Waals surface area (Å²) in [5.41, 5.74) is 1.69. The van der Waals surface area contributed by atoms with Gasteiger partial charge in [-0.15, -0.1) is 0 Å². The third-order valence-electron chi connectivity index (χ3n) is 5.18. The summed E-state index contributed by atoms with van der Waals surface area (Å²) in [6, 6.07) is 12.9. The van der Waals surface area contributed by atoms with Crippen LogP contribution in [0.15, 0.2) is 48.7 Å². The minimum Gasteiger partial charge on any atom is -0.497 e. The van der Waals surface area contributed by atoms with Gasteiger partial charge < -0.3 is 20.3 Å². The number of rotatable bonds is 6. The van der Waals surface area contributed by atoms with Crippen molar-refractivity contribution in [1.82, 2.24) is 20.5 Å². The number of urea groups is 1. The Labute approximate surface area is 171 Å². The zero-order valence-corrected chi connectivity index (χ0v) is 16.9. The number of carbonyl (C=O) groups excluding carboxylic acids is 2. The number of piperidine rings is 1. The van der Waals surface area contributed by atoms with Crippen LogP contribution in [0.25, 0.3) is 0 Å². The molecule has 3 amide bonds. The zero-order valence-electron chi connectivity index (χ0n) is 16.9. The fourth-order valence-electron chi connectivity index (χ4n) is 3.56. The van der Waals surface area contributed by atoms with Crippen molar-refractivity contribution in [3.63, 3.8) is 0 Å². The number of ether oxygens (including phenoxy) is 1. The van der Waals surface area contributed by atoms with Crippen LogP contribution in [0.3, 0.4) is 0 Å². The van der Waals surface area contributed by atoms with Crippen LogP contribution in [0, 0.1) is 5.92 Å². The van der Waals surface area contributed by atoms with Crippen molar-refractivity contribution in [2.75, 3.05) is 26.7 Å². The average Bonchev–Trinajstić information content (AvgIpc) is 2.78. The van der Waals surface area contributed by atoms with Gasteiger partial charge in [0.2, 0.25) is 5.91 Å². The van der Waals surface area contributed by atoms with Crippen molar-refractivity contribution in [3.8, 4) is 5.75 Å². The fraction of sp³-hybridized carbons (Fsp3) is 0.409. The van der Waals surface area contributed by atoms with E-state index in [1.807, 2.05) is 49.4 Å². The van der Waals surface area contributed by atoms with E-state index in [0.29, 0.717) is 32.5 Å². The summed E-state index contributed by atoms with van der Waals surface area (Å²) in [6.45, 7) is 3.66. The lowest BCUT2D eigenvalue weighted by molar-refractivity contribution is -0.126. The third-order valence-corrected chi connectivity index (χ3v) is 5.18. The molecule has 3 rings (SSSR count). The monoisotopic (exact) mass is 396 g/mol. The number of amides is 3. The molecule has 7 nitrogen and oxygen atoms in total. The van der Waals surface area contributed by atoms with Crippen LogP contribution < -0.4 is 15.4 Å². The number of methoxy groups -OCH3 is 1. The molecule has 29 heavy (non-hydrogen) atoms. The summed E-state index contributed by atoms with van der Waals surface area (Å²) in [7, 11) is 1.62. The molecule has 1 saturated heterocycles. The Morgan fingerprint density at radius 3 is 2.66 bits per heavy atom. The predicted molar refractivity (Wildman–Crippen MR) is 111 cm³/mol. The minimum absolute atomic E-state index is 0.0148. The van der Waals surface area contributed by atoms with Crippen LogP contribution in [-0.4, -0.2) is 48.6 Å². The molecule has 2 N–H and O–H groups in total. The first-order chi connectivity index (χ1) is 14.1. The van der Waals surface area contributed by atoms with E-state index >= 15 is 0 Å². The summed E-state index contributed by atoms with van der Waals surface area (Å²) in [4.78, 5) is 31.2. The Hall–Kier alpha value is -3.09. The van der Waals surface area contributed by atoms with Gasteiger partial charge in [0.15, 0.2) is 0 Å². The van der Waals surface area contributed by atoms with E-state index in [1.54, 1.807) is 18.2 Å². The number of hydrogen-bond donors (Lipinski definition) is 2. The van der Waals surface area contributed by atoms with Crippen LogP contribution >= 0.6 is 0 Å². The van der Waals surface area contributed by atoms with Gasteiger partial charge in [0.1, 0.15) is 5.75 Å². The molecule has 2 heterocycles. The first-order valence-corrected chi connectivity index (χ1v) is 10.0. The second-order valence-electron chi connectivity index (χ2n) is 7.07. The molecule has 1 aromatic heterocycles. The Morgan fingerprint density at radius 1 is 1.21 bits per heavy atom. The molecule has 0 radical (unpaired) electrons. The summed E-state index contributed by atoms with van der Waals surface area (Å²) >= 11 is 0. The molecule has 1 aliphatic rings. The Morgan fingerprint density at radius 2 is 2.00 bits per heavy atom. The van der Waals surface area contributed by atoms with Gasteiger partial charge in [-0.05, 0) is 49.6 Å². The predicted octanol–water partition coefficient (Wildman–Crippen LogP) is 2.74. The van der Waals surface area contributed by atoms with Crippen LogP contribution in [-0.2, 0) is 4.79 Å². The van der Waals surface area contributed by atoms with E-state index in [-0.39, 0.29) is 23.9 Å². The maximum absolute atomic E-state index is 13.0. The lowest BCUT2D eigenvalue weighted by Crippen LogP contribution is -2.47. The molecule has 0 spiro atoms. The van der Waals surface area contributed by atoms with Crippen LogP contribution in [0.2, 0.25) is 0 Å². The first kappa shape index (κ1) is 20.6. The summed E-state index contributed by atoms with van der Waals surface area (Å²) in [5.74, 6) is 0.587. The standard InChI is InChI=1S/C22H28N4O3/c1-3-23-22(28)26-13-10-16(11-14-26)21(27)25-20(19-9-4-5-12-24-19)17-7-6-8-18(15-17)29-2/h4-9,12,15-16,20H,3,10-11,13-14H2,1-2H3,(H,23,28)(H,25,27). The molecule has 7 heteroatoms. The molecular formula is C22H28N4O3. The van der Waals surface area contributed by atoms with Crippen molar-refractivity contribution >= 4 is 11.9 Å². The number of hydrogen-bond acceptors (Lipinski definition) is 4. The fourth-order valence-corrected chi connectivity index (χ4v) is 3.56. The van der Waals surface area contributed by atoms with E-state index in [9.17, 15) is 9.59 Å².